The van der Waals surface area contributed by atoms with Crippen LogP contribution in [0.1, 0.15) is 77.0 Å². The Morgan fingerprint density at radius 2 is 0.833 bits per heavy atom. The Balaban J connectivity index is 1.84. The maximum absolute atomic E-state index is 11.4. The molecule has 0 heterocycles. The Morgan fingerprint density at radius 3 is 1.11 bits per heavy atom. The molecule has 102 valence electrons. The molecule has 2 nitrogen and oxygen atoms in total. The van der Waals surface area contributed by atoms with E-state index in [-0.39, 0.29) is 0 Å². The van der Waals surface area contributed by atoms with Gasteiger partial charge in [-0.05, 0) is 63.2 Å². The molecule has 0 amide bonds. The highest BCUT2D eigenvalue weighted by Gasteiger charge is 2.24. The average Bonchev–Trinajstić information content (AvgIpc) is 2.29. The molecule has 2 saturated carbocycles. The monoisotopic (exact) mass is 250 g/mol. The van der Waals surface area contributed by atoms with Crippen LogP contribution in [0.2, 0.25) is 0 Å². The van der Waals surface area contributed by atoms with Crippen LogP contribution in [0.3, 0.4) is 0 Å². The van der Waals surface area contributed by atoms with Crippen LogP contribution >= 0.6 is 0 Å². The minimum absolute atomic E-state index is 0.469. The highest BCUT2D eigenvalue weighted by Crippen LogP contribution is 2.34. The second-order valence-corrected chi connectivity index (χ2v) is 6.17. The van der Waals surface area contributed by atoms with Crippen molar-refractivity contribution in [2.75, 3.05) is 0 Å². The number of Topliss-reactive ketones (excluding diaryl/α,β-unsaturated/α-hetero) is 2. The van der Waals surface area contributed by atoms with Gasteiger partial charge >= 0.3 is 0 Å². The summed E-state index contributed by atoms with van der Waals surface area (Å²) in [6, 6.07) is 0. The van der Waals surface area contributed by atoms with Gasteiger partial charge in [-0.2, -0.15) is 0 Å². The van der Waals surface area contributed by atoms with Crippen LogP contribution in [0.15, 0.2) is 0 Å². The summed E-state index contributed by atoms with van der Waals surface area (Å²) in [6.07, 6.45) is 12.6. The Labute approximate surface area is 111 Å². The Hall–Kier alpha value is -0.660. The maximum atomic E-state index is 11.4. The molecular formula is C16H26O2. The first-order chi connectivity index (χ1) is 8.75. The summed E-state index contributed by atoms with van der Waals surface area (Å²) >= 11 is 0. The summed E-state index contributed by atoms with van der Waals surface area (Å²) in [5.74, 6) is 2.59. The van der Waals surface area contributed by atoms with Crippen LogP contribution in [-0.2, 0) is 9.59 Å². The zero-order chi connectivity index (χ0) is 12.8. The second-order valence-electron chi connectivity index (χ2n) is 6.17. The smallest absolute Gasteiger partial charge is 0.132 e. The minimum atomic E-state index is 0.469. The van der Waals surface area contributed by atoms with E-state index in [4.69, 9.17) is 0 Å². The zero-order valence-electron chi connectivity index (χ0n) is 11.5. The molecule has 0 unspecified atom stereocenters. The molecular weight excluding hydrogens is 224 g/mol. The Morgan fingerprint density at radius 1 is 0.556 bits per heavy atom. The second kappa shape index (κ2) is 7.06. The van der Waals surface area contributed by atoms with E-state index in [1.165, 1.54) is 25.7 Å². The fourth-order valence-corrected chi connectivity index (χ4v) is 3.73. The van der Waals surface area contributed by atoms with Crippen molar-refractivity contribution >= 4 is 11.6 Å². The highest BCUT2D eigenvalue weighted by molar-refractivity contribution is 5.78. The lowest BCUT2D eigenvalue weighted by atomic mass is 9.76. The summed E-state index contributed by atoms with van der Waals surface area (Å²) in [4.78, 5) is 22.8. The van der Waals surface area contributed by atoms with Gasteiger partial charge in [0.1, 0.15) is 11.6 Å². The number of carbonyl (C=O) groups excluding carboxylic acids is 2. The standard InChI is InChI=1S/C16H26O2/c17-15-9-1-5-13(6-2-10-15)14-7-3-11-16(18)12-4-8-14/h13-14H,1-12H2. The van der Waals surface area contributed by atoms with Crippen molar-refractivity contribution in [2.24, 2.45) is 11.8 Å². The number of rotatable bonds is 1. The van der Waals surface area contributed by atoms with E-state index >= 15 is 0 Å². The SMILES string of the molecule is O=C1CCCC(C2CCCC(=O)CCC2)CCC1. The maximum Gasteiger partial charge on any atom is 0.132 e. The van der Waals surface area contributed by atoms with Crippen molar-refractivity contribution in [2.45, 2.75) is 77.0 Å². The molecule has 2 rings (SSSR count). The predicted octanol–water partition coefficient (Wildman–Crippen LogP) is 4.07. The van der Waals surface area contributed by atoms with Gasteiger partial charge in [-0.25, -0.2) is 0 Å². The van der Waals surface area contributed by atoms with Crippen LogP contribution in [-0.4, -0.2) is 11.6 Å². The summed E-state index contributed by atoms with van der Waals surface area (Å²) in [6.45, 7) is 0. The van der Waals surface area contributed by atoms with E-state index in [1.807, 2.05) is 0 Å². The van der Waals surface area contributed by atoms with Gasteiger partial charge in [0.2, 0.25) is 0 Å². The van der Waals surface area contributed by atoms with Gasteiger partial charge in [0, 0.05) is 25.7 Å². The molecule has 2 aliphatic carbocycles. The molecule has 0 N–H and O–H groups in total. The van der Waals surface area contributed by atoms with Gasteiger partial charge in [0.15, 0.2) is 0 Å². The van der Waals surface area contributed by atoms with Gasteiger partial charge in [0.05, 0.1) is 0 Å². The van der Waals surface area contributed by atoms with Crippen molar-refractivity contribution in [3.05, 3.63) is 0 Å². The van der Waals surface area contributed by atoms with E-state index in [0.29, 0.717) is 11.6 Å². The molecule has 0 aromatic rings. The molecule has 0 atom stereocenters. The van der Waals surface area contributed by atoms with Gasteiger partial charge in [0.25, 0.3) is 0 Å². The number of ketones is 2. The summed E-state index contributed by atoms with van der Waals surface area (Å²) < 4.78 is 0. The molecule has 2 heteroatoms. The van der Waals surface area contributed by atoms with Gasteiger partial charge in [-0.15, -0.1) is 0 Å². The minimum Gasteiger partial charge on any atom is -0.300 e. The number of carbonyl (C=O) groups is 2. The molecule has 0 aromatic heterocycles. The Kier molecular flexibility index (Phi) is 5.40. The lowest BCUT2D eigenvalue weighted by molar-refractivity contribution is -0.121. The third-order valence-electron chi connectivity index (χ3n) is 4.79. The summed E-state index contributed by atoms with van der Waals surface area (Å²) in [5, 5.41) is 0. The molecule has 0 aromatic carbocycles. The van der Waals surface area contributed by atoms with E-state index in [1.54, 1.807) is 0 Å². The molecule has 0 radical (unpaired) electrons. The first-order valence-corrected chi connectivity index (χ1v) is 7.79. The van der Waals surface area contributed by atoms with Crippen molar-refractivity contribution in [3.63, 3.8) is 0 Å². The van der Waals surface area contributed by atoms with E-state index in [2.05, 4.69) is 0 Å². The number of hydrogen-bond acceptors (Lipinski definition) is 2. The molecule has 2 aliphatic rings. The highest BCUT2D eigenvalue weighted by atomic mass is 16.1. The normalized spacial score (nSPS) is 26.2. The van der Waals surface area contributed by atoms with E-state index in [0.717, 1.165) is 63.2 Å². The lowest BCUT2D eigenvalue weighted by Crippen LogP contribution is -2.20. The van der Waals surface area contributed by atoms with Crippen LogP contribution < -0.4 is 0 Å². The molecule has 0 bridgehead atoms. The lowest BCUT2D eigenvalue weighted by Gasteiger charge is -2.29. The predicted molar refractivity (Wildman–Crippen MR) is 72.4 cm³/mol. The van der Waals surface area contributed by atoms with Crippen LogP contribution in [0.5, 0.6) is 0 Å². The summed E-state index contributed by atoms with van der Waals surface area (Å²) in [5.41, 5.74) is 0. The molecule has 0 spiro atoms. The van der Waals surface area contributed by atoms with Crippen molar-refractivity contribution in [1.29, 1.82) is 0 Å². The third-order valence-corrected chi connectivity index (χ3v) is 4.79. The Bertz CT molecular complexity index is 241. The van der Waals surface area contributed by atoms with E-state index < -0.39 is 0 Å². The third kappa shape index (κ3) is 4.22. The quantitative estimate of drug-likeness (QED) is 0.703. The average molecular weight is 250 g/mol. The van der Waals surface area contributed by atoms with Crippen molar-refractivity contribution < 1.29 is 9.59 Å². The van der Waals surface area contributed by atoms with Crippen molar-refractivity contribution in [3.8, 4) is 0 Å². The van der Waals surface area contributed by atoms with E-state index in [9.17, 15) is 9.59 Å². The van der Waals surface area contributed by atoms with Gasteiger partial charge in [-0.1, -0.05) is 0 Å². The largest absolute Gasteiger partial charge is 0.300 e. The fourth-order valence-electron chi connectivity index (χ4n) is 3.73. The molecule has 18 heavy (non-hydrogen) atoms. The first kappa shape index (κ1) is 13.8. The van der Waals surface area contributed by atoms with Crippen LogP contribution in [0.4, 0.5) is 0 Å². The number of hydrogen-bond donors (Lipinski definition) is 0. The van der Waals surface area contributed by atoms with Crippen LogP contribution in [0, 0.1) is 11.8 Å². The van der Waals surface area contributed by atoms with Crippen molar-refractivity contribution in [1.82, 2.24) is 0 Å². The van der Waals surface area contributed by atoms with Gasteiger partial charge < -0.3 is 0 Å². The summed E-state index contributed by atoms with van der Waals surface area (Å²) in [7, 11) is 0. The molecule has 0 saturated heterocycles. The topological polar surface area (TPSA) is 34.1 Å². The first-order valence-electron chi connectivity index (χ1n) is 7.79. The molecule has 0 aliphatic heterocycles. The molecule has 2 fully saturated rings. The van der Waals surface area contributed by atoms with Crippen LogP contribution in [0.25, 0.3) is 0 Å². The van der Waals surface area contributed by atoms with Gasteiger partial charge in [-0.3, -0.25) is 9.59 Å². The zero-order valence-corrected chi connectivity index (χ0v) is 11.5. The fraction of sp³-hybridized carbons (Fsp3) is 0.875.